The maximum atomic E-state index is 11.0. The van der Waals surface area contributed by atoms with Gasteiger partial charge in [-0.25, -0.2) is 13.1 Å². The largest absolute Gasteiger partial charge is 0.215 e. The zero-order valence-electron chi connectivity index (χ0n) is 8.62. The molecule has 0 aromatic carbocycles. The number of nitrogens with one attached hydrogen (secondary N) is 1. The van der Waals surface area contributed by atoms with Gasteiger partial charge in [-0.3, -0.25) is 0 Å². The van der Waals surface area contributed by atoms with Crippen LogP contribution in [-0.2, 0) is 10.0 Å². The third-order valence-electron chi connectivity index (χ3n) is 1.92. The van der Waals surface area contributed by atoms with E-state index in [0.29, 0.717) is 13.0 Å². The third kappa shape index (κ3) is 8.02. The maximum Gasteiger partial charge on any atom is 0.211 e. The third-order valence-corrected chi connectivity index (χ3v) is 3.32. The molecule has 0 aromatic rings. The first kappa shape index (κ1) is 13.4. The molecule has 82 valence electrons. The summed E-state index contributed by atoms with van der Waals surface area (Å²) in [5, 5.41) is 8.27. The van der Waals surface area contributed by atoms with E-state index in [0.717, 1.165) is 25.7 Å². The summed E-state index contributed by atoms with van der Waals surface area (Å²) in [5.41, 5.74) is 0. The van der Waals surface area contributed by atoms with Gasteiger partial charge in [0.2, 0.25) is 10.0 Å². The van der Waals surface area contributed by atoms with Crippen LogP contribution < -0.4 is 4.72 Å². The van der Waals surface area contributed by atoms with Crippen molar-refractivity contribution in [2.24, 2.45) is 0 Å². The number of nitriles is 1. The van der Waals surface area contributed by atoms with E-state index >= 15 is 0 Å². The van der Waals surface area contributed by atoms with E-state index in [1.165, 1.54) is 0 Å². The van der Waals surface area contributed by atoms with Crippen LogP contribution >= 0.6 is 0 Å². The van der Waals surface area contributed by atoms with Gasteiger partial charge in [0.25, 0.3) is 0 Å². The predicted octanol–water partition coefficient (Wildman–Crippen LogP) is 1.40. The molecule has 0 aromatic heterocycles. The van der Waals surface area contributed by atoms with Crippen molar-refractivity contribution in [3.05, 3.63) is 0 Å². The van der Waals surface area contributed by atoms with Crippen LogP contribution in [0.3, 0.4) is 0 Å². The van der Waals surface area contributed by atoms with Gasteiger partial charge in [0.05, 0.1) is 11.8 Å². The Balaban J connectivity index is 3.27. The Bertz CT molecular complexity index is 267. The number of rotatable bonds is 8. The van der Waals surface area contributed by atoms with Crippen molar-refractivity contribution in [2.75, 3.05) is 12.3 Å². The van der Waals surface area contributed by atoms with Gasteiger partial charge in [-0.15, -0.1) is 0 Å². The van der Waals surface area contributed by atoms with Crippen LogP contribution in [0.15, 0.2) is 0 Å². The van der Waals surface area contributed by atoms with Crippen molar-refractivity contribution >= 4 is 10.0 Å². The normalized spacial score (nSPS) is 11.1. The molecule has 0 fully saturated rings. The van der Waals surface area contributed by atoms with Gasteiger partial charge in [-0.1, -0.05) is 12.8 Å². The van der Waals surface area contributed by atoms with Crippen molar-refractivity contribution in [2.45, 2.75) is 39.0 Å². The number of sulfonamides is 1. The standard InChI is InChI=1S/C9H18N2O2S/c1-2-14(12,13)11-9-7-5-3-4-6-8-10/h11H,2-7,9H2,1H3. The molecule has 0 aliphatic carbocycles. The highest BCUT2D eigenvalue weighted by atomic mass is 32.2. The molecule has 0 heterocycles. The molecule has 14 heavy (non-hydrogen) atoms. The molecule has 0 aliphatic rings. The molecule has 0 saturated carbocycles. The highest BCUT2D eigenvalue weighted by molar-refractivity contribution is 7.89. The van der Waals surface area contributed by atoms with E-state index in [2.05, 4.69) is 10.8 Å². The van der Waals surface area contributed by atoms with Crippen LogP contribution in [0.1, 0.15) is 39.0 Å². The summed E-state index contributed by atoms with van der Waals surface area (Å²) in [6, 6.07) is 2.08. The molecule has 5 heteroatoms. The highest BCUT2D eigenvalue weighted by Crippen LogP contribution is 2.01. The molecule has 4 nitrogen and oxygen atoms in total. The minimum absolute atomic E-state index is 0.140. The topological polar surface area (TPSA) is 70.0 Å². The fourth-order valence-corrected chi connectivity index (χ4v) is 1.67. The van der Waals surface area contributed by atoms with Gasteiger partial charge in [0.15, 0.2) is 0 Å². The number of hydrogen-bond donors (Lipinski definition) is 1. The summed E-state index contributed by atoms with van der Waals surface area (Å²) < 4.78 is 24.5. The van der Waals surface area contributed by atoms with Crippen molar-refractivity contribution in [1.82, 2.24) is 4.72 Å². The fraction of sp³-hybridized carbons (Fsp3) is 0.889. The summed E-state index contributed by atoms with van der Waals surface area (Å²) in [7, 11) is -3.02. The van der Waals surface area contributed by atoms with Gasteiger partial charge < -0.3 is 0 Å². The van der Waals surface area contributed by atoms with E-state index in [1.54, 1.807) is 6.92 Å². The maximum absolute atomic E-state index is 11.0. The van der Waals surface area contributed by atoms with Gasteiger partial charge in [-0.2, -0.15) is 5.26 Å². The number of hydrogen-bond acceptors (Lipinski definition) is 3. The predicted molar refractivity (Wildman–Crippen MR) is 56.2 cm³/mol. The lowest BCUT2D eigenvalue weighted by atomic mass is 10.1. The van der Waals surface area contributed by atoms with Crippen LogP contribution in [0.25, 0.3) is 0 Å². The minimum Gasteiger partial charge on any atom is -0.215 e. The molecule has 0 rings (SSSR count). The molecule has 0 bridgehead atoms. The van der Waals surface area contributed by atoms with Crippen LogP contribution in [0, 0.1) is 11.3 Å². The summed E-state index contributed by atoms with van der Waals surface area (Å²) in [6.07, 6.45) is 4.34. The summed E-state index contributed by atoms with van der Waals surface area (Å²) >= 11 is 0. The van der Waals surface area contributed by atoms with Crippen LogP contribution in [0.5, 0.6) is 0 Å². The second-order valence-electron chi connectivity index (χ2n) is 3.12. The monoisotopic (exact) mass is 218 g/mol. The Morgan fingerprint density at radius 2 is 1.86 bits per heavy atom. The van der Waals surface area contributed by atoms with Crippen LogP contribution in [-0.4, -0.2) is 20.7 Å². The number of unbranched alkanes of at least 4 members (excludes halogenated alkanes) is 4. The van der Waals surface area contributed by atoms with E-state index < -0.39 is 10.0 Å². The zero-order valence-corrected chi connectivity index (χ0v) is 9.44. The first-order chi connectivity index (χ1) is 6.62. The Labute approximate surface area is 86.4 Å². The fourth-order valence-electron chi connectivity index (χ4n) is 1.01. The van der Waals surface area contributed by atoms with Crippen molar-refractivity contribution in [1.29, 1.82) is 5.26 Å². The molecular weight excluding hydrogens is 200 g/mol. The lowest BCUT2D eigenvalue weighted by Gasteiger charge is -2.03. The van der Waals surface area contributed by atoms with Crippen molar-refractivity contribution in [3.63, 3.8) is 0 Å². The summed E-state index contributed by atoms with van der Waals surface area (Å²) in [5.74, 6) is 0.140. The molecule has 0 unspecified atom stereocenters. The lowest BCUT2D eigenvalue weighted by Crippen LogP contribution is -2.26. The first-order valence-electron chi connectivity index (χ1n) is 4.96. The van der Waals surface area contributed by atoms with Crippen molar-refractivity contribution in [3.8, 4) is 6.07 Å². The molecular formula is C9H18N2O2S. The lowest BCUT2D eigenvalue weighted by molar-refractivity contribution is 0.573. The Kier molecular flexibility index (Phi) is 7.44. The molecule has 0 spiro atoms. The SMILES string of the molecule is CCS(=O)(=O)NCCCCCCC#N. The average Bonchev–Trinajstić information content (AvgIpc) is 2.16. The van der Waals surface area contributed by atoms with Gasteiger partial charge in [-0.05, 0) is 19.8 Å². The quantitative estimate of drug-likeness (QED) is 0.626. The Hall–Kier alpha value is -0.600. The summed E-state index contributed by atoms with van der Waals surface area (Å²) in [6.45, 7) is 2.14. The summed E-state index contributed by atoms with van der Waals surface area (Å²) in [4.78, 5) is 0. The smallest absolute Gasteiger partial charge is 0.211 e. The second kappa shape index (κ2) is 7.77. The molecule has 1 N–H and O–H groups in total. The van der Waals surface area contributed by atoms with Gasteiger partial charge in [0, 0.05) is 13.0 Å². The van der Waals surface area contributed by atoms with E-state index in [4.69, 9.17) is 5.26 Å². The van der Waals surface area contributed by atoms with E-state index in [-0.39, 0.29) is 5.75 Å². The van der Waals surface area contributed by atoms with Crippen molar-refractivity contribution < 1.29 is 8.42 Å². The van der Waals surface area contributed by atoms with E-state index in [1.807, 2.05) is 0 Å². The second-order valence-corrected chi connectivity index (χ2v) is 5.22. The Morgan fingerprint density at radius 3 is 2.43 bits per heavy atom. The highest BCUT2D eigenvalue weighted by Gasteiger charge is 2.03. The molecule has 0 amide bonds. The first-order valence-corrected chi connectivity index (χ1v) is 6.62. The molecule has 0 saturated heterocycles. The van der Waals surface area contributed by atoms with Gasteiger partial charge in [0.1, 0.15) is 0 Å². The number of nitrogens with zero attached hydrogens (tertiary/aromatic N) is 1. The molecule has 0 aliphatic heterocycles. The average molecular weight is 218 g/mol. The molecule has 0 radical (unpaired) electrons. The van der Waals surface area contributed by atoms with Gasteiger partial charge >= 0.3 is 0 Å². The minimum atomic E-state index is -3.02. The van der Waals surface area contributed by atoms with Crippen LogP contribution in [0.4, 0.5) is 0 Å². The zero-order chi connectivity index (χ0) is 10.9. The van der Waals surface area contributed by atoms with Crippen LogP contribution in [0.2, 0.25) is 0 Å². The Morgan fingerprint density at radius 1 is 1.21 bits per heavy atom. The molecule has 0 atom stereocenters. The van der Waals surface area contributed by atoms with E-state index in [9.17, 15) is 8.42 Å².